The molecule has 0 aliphatic rings. The second-order valence-corrected chi connectivity index (χ2v) is 8.50. The van der Waals surface area contributed by atoms with Crippen LogP contribution < -0.4 is 4.74 Å². The van der Waals surface area contributed by atoms with Gasteiger partial charge < -0.3 is 4.74 Å². The molecule has 0 saturated heterocycles. The topological polar surface area (TPSA) is 35.0 Å². The monoisotopic (exact) mass is 466 g/mol. The van der Waals surface area contributed by atoms with Crippen LogP contribution in [-0.2, 0) is 6.42 Å². The van der Waals surface area contributed by atoms with Gasteiger partial charge in [-0.05, 0) is 62.4 Å². The summed E-state index contributed by atoms with van der Waals surface area (Å²) in [4.78, 5) is 9.06. The van der Waals surface area contributed by atoms with Crippen LogP contribution in [0.15, 0.2) is 62.0 Å². The second kappa shape index (κ2) is 23.7. The highest BCUT2D eigenvalue weighted by Crippen LogP contribution is 2.20. The van der Waals surface area contributed by atoms with Gasteiger partial charge >= 0.3 is 0 Å². The molecule has 0 saturated carbocycles. The molecule has 0 unspecified atom stereocenters. The first kappa shape index (κ1) is 31.6. The fourth-order valence-corrected chi connectivity index (χ4v) is 3.21. The summed E-state index contributed by atoms with van der Waals surface area (Å²) in [5.41, 5.74) is 2.25. The summed E-state index contributed by atoms with van der Waals surface area (Å²) in [6, 6.07) is 8.00. The van der Waals surface area contributed by atoms with Crippen molar-refractivity contribution in [2.75, 3.05) is 6.61 Å². The lowest BCUT2D eigenvalue weighted by Gasteiger charge is -2.07. The van der Waals surface area contributed by atoms with Gasteiger partial charge in [0.15, 0.2) is 5.82 Å². The third-order valence-corrected chi connectivity index (χ3v) is 5.17. The third kappa shape index (κ3) is 17.1. The third-order valence-electron chi connectivity index (χ3n) is 5.17. The van der Waals surface area contributed by atoms with E-state index >= 15 is 0 Å². The Morgan fingerprint density at radius 3 is 1.85 bits per heavy atom. The molecule has 0 aliphatic carbocycles. The van der Waals surface area contributed by atoms with E-state index in [4.69, 9.17) is 4.74 Å². The predicted molar refractivity (Wildman–Crippen MR) is 151 cm³/mol. The summed E-state index contributed by atoms with van der Waals surface area (Å²) in [6.07, 6.45) is 22.6. The first-order valence-corrected chi connectivity index (χ1v) is 13.4. The largest absolute Gasteiger partial charge is 0.494 e. The number of benzene rings is 1. The Labute approximate surface area is 210 Å². The van der Waals surface area contributed by atoms with Crippen molar-refractivity contribution in [3.05, 3.63) is 67.5 Å². The van der Waals surface area contributed by atoms with E-state index < -0.39 is 0 Å². The van der Waals surface area contributed by atoms with Crippen LogP contribution in [-0.4, -0.2) is 16.6 Å². The predicted octanol–water partition coefficient (Wildman–Crippen LogP) is 9.78. The molecular weight excluding hydrogens is 416 g/mol. The number of hydrogen-bond acceptors (Lipinski definition) is 3. The molecule has 1 aromatic heterocycles. The van der Waals surface area contributed by atoms with Gasteiger partial charge in [0.1, 0.15) is 5.75 Å². The molecule has 0 atom stereocenters. The Morgan fingerprint density at radius 2 is 1.32 bits per heavy atom. The molecule has 0 radical (unpaired) electrons. The number of aryl methyl sites for hydroxylation is 1. The maximum Gasteiger partial charge on any atom is 0.159 e. The highest BCUT2D eigenvalue weighted by atomic mass is 16.5. The lowest BCUT2D eigenvalue weighted by Crippen LogP contribution is -1.97. The minimum absolute atomic E-state index is 0.717. The van der Waals surface area contributed by atoms with E-state index in [-0.39, 0.29) is 0 Å². The molecule has 0 spiro atoms. The van der Waals surface area contributed by atoms with Crippen molar-refractivity contribution in [2.45, 2.75) is 105 Å². The fourth-order valence-electron chi connectivity index (χ4n) is 3.21. The maximum absolute atomic E-state index is 5.71. The second-order valence-electron chi connectivity index (χ2n) is 8.50. The molecule has 190 valence electrons. The van der Waals surface area contributed by atoms with Crippen molar-refractivity contribution in [2.24, 2.45) is 0 Å². The molecule has 34 heavy (non-hydrogen) atoms. The van der Waals surface area contributed by atoms with Crippen LogP contribution in [0, 0.1) is 0 Å². The number of hydrogen-bond donors (Lipinski definition) is 0. The van der Waals surface area contributed by atoms with Gasteiger partial charge in [-0.2, -0.15) is 0 Å². The molecule has 3 heteroatoms. The Kier molecular flexibility index (Phi) is 22.0. The van der Waals surface area contributed by atoms with Crippen LogP contribution >= 0.6 is 0 Å². The molecule has 0 bridgehead atoms. The molecule has 0 fully saturated rings. The van der Waals surface area contributed by atoms with Crippen LogP contribution in [0.4, 0.5) is 0 Å². The SMILES string of the molecule is C=CC.C=CCCCOc1ccc(-c2ncc(CCCCCCCC)cn2)cc1.CCCCC. The van der Waals surface area contributed by atoms with E-state index in [0.717, 1.165) is 43.0 Å². The van der Waals surface area contributed by atoms with Crippen molar-refractivity contribution in [1.29, 1.82) is 0 Å². The van der Waals surface area contributed by atoms with E-state index in [1.54, 1.807) is 6.08 Å². The van der Waals surface area contributed by atoms with Crippen molar-refractivity contribution in [3.8, 4) is 17.1 Å². The average Bonchev–Trinajstić information content (AvgIpc) is 2.86. The first-order valence-electron chi connectivity index (χ1n) is 13.4. The van der Waals surface area contributed by atoms with Crippen LogP contribution in [0.25, 0.3) is 11.4 Å². The molecular formula is C31H50N2O. The minimum atomic E-state index is 0.717. The van der Waals surface area contributed by atoms with Gasteiger partial charge in [-0.25, -0.2) is 9.97 Å². The van der Waals surface area contributed by atoms with E-state index in [2.05, 4.69) is 43.9 Å². The van der Waals surface area contributed by atoms with E-state index in [1.165, 1.54) is 63.4 Å². The molecule has 2 aromatic rings. The summed E-state index contributed by atoms with van der Waals surface area (Å²) < 4.78 is 5.71. The Hall–Kier alpha value is -2.42. The average molecular weight is 467 g/mol. The zero-order chi connectivity index (χ0) is 25.3. The van der Waals surface area contributed by atoms with Gasteiger partial charge in [-0.1, -0.05) is 84.3 Å². The van der Waals surface area contributed by atoms with Gasteiger partial charge in [0.2, 0.25) is 0 Å². The van der Waals surface area contributed by atoms with Gasteiger partial charge in [-0.3, -0.25) is 0 Å². The lowest BCUT2D eigenvalue weighted by molar-refractivity contribution is 0.312. The molecule has 0 N–H and O–H groups in total. The van der Waals surface area contributed by atoms with E-state index in [1.807, 2.05) is 49.7 Å². The molecule has 1 aromatic carbocycles. The summed E-state index contributed by atoms with van der Waals surface area (Å²) in [7, 11) is 0. The summed E-state index contributed by atoms with van der Waals surface area (Å²) in [5, 5.41) is 0. The van der Waals surface area contributed by atoms with Gasteiger partial charge in [0.25, 0.3) is 0 Å². The van der Waals surface area contributed by atoms with Crippen LogP contribution in [0.1, 0.15) is 104 Å². The quantitative estimate of drug-likeness (QED) is 0.193. The minimum Gasteiger partial charge on any atom is -0.494 e. The van der Waals surface area contributed by atoms with Gasteiger partial charge in [0.05, 0.1) is 6.61 Å². The Balaban J connectivity index is 0.00000118. The number of nitrogens with zero attached hydrogens (tertiary/aromatic N) is 2. The molecule has 0 aliphatic heterocycles. The first-order chi connectivity index (χ1) is 16.7. The van der Waals surface area contributed by atoms with Crippen LogP contribution in [0.3, 0.4) is 0 Å². The molecule has 0 amide bonds. The maximum atomic E-state index is 5.71. The van der Waals surface area contributed by atoms with E-state index in [9.17, 15) is 0 Å². The van der Waals surface area contributed by atoms with Crippen molar-refractivity contribution >= 4 is 0 Å². The molecule has 2 rings (SSSR count). The lowest BCUT2D eigenvalue weighted by atomic mass is 10.1. The van der Waals surface area contributed by atoms with Crippen molar-refractivity contribution < 1.29 is 4.74 Å². The summed E-state index contributed by atoms with van der Waals surface area (Å²) in [6.45, 7) is 16.4. The van der Waals surface area contributed by atoms with Gasteiger partial charge in [-0.15, -0.1) is 13.2 Å². The van der Waals surface area contributed by atoms with Crippen LogP contribution in [0.2, 0.25) is 0 Å². The number of rotatable bonds is 15. The smallest absolute Gasteiger partial charge is 0.159 e. The standard InChI is InChI=1S/C23H32N2O.C5H12.C3H6/c1-3-5-7-8-9-10-12-20-18-24-23(25-19-20)21-13-15-22(16-14-21)26-17-11-6-4-2;1-3-5-4-2;1-3-2/h4,13-16,18-19H,2-3,5-12,17H2,1H3;3-5H2,1-2H3;3H,1H2,2H3. The fraction of sp³-hybridized carbons (Fsp3) is 0.548. The highest BCUT2D eigenvalue weighted by molar-refractivity contribution is 5.55. The number of unbranched alkanes of at least 4 members (excludes halogenated alkanes) is 8. The zero-order valence-electron chi connectivity index (χ0n) is 22.5. The number of ether oxygens (including phenoxy) is 1. The summed E-state index contributed by atoms with van der Waals surface area (Å²) in [5.74, 6) is 1.66. The van der Waals surface area contributed by atoms with Crippen LogP contribution in [0.5, 0.6) is 5.75 Å². The summed E-state index contributed by atoms with van der Waals surface area (Å²) >= 11 is 0. The van der Waals surface area contributed by atoms with Crippen molar-refractivity contribution in [1.82, 2.24) is 9.97 Å². The van der Waals surface area contributed by atoms with Gasteiger partial charge in [0, 0.05) is 18.0 Å². The number of allylic oxidation sites excluding steroid dienone is 2. The zero-order valence-corrected chi connectivity index (χ0v) is 22.5. The number of aromatic nitrogens is 2. The Morgan fingerprint density at radius 1 is 0.765 bits per heavy atom. The molecule has 1 heterocycles. The van der Waals surface area contributed by atoms with E-state index in [0.29, 0.717) is 0 Å². The molecule has 3 nitrogen and oxygen atoms in total. The Bertz CT molecular complexity index is 705. The highest BCUT2D eigenvalue weighted by Gasteiger charge is 2.03. The normalized spacial score (nSPS) is 9.76. The van der Waals surface area contributed by atoms with Crippen molar-refractivity contribution in [3.63, 3.8) is 0 Å².